The lowest BCUT2D eigenvalue weighted by molar-refractivity contribution is -0.137. The molecule has 9 heteroatoms. The molecule has 2 saturated heterocycles. The van der Waals surface area contributed by atoms with E-state index in [-0.39, 0.29) is 29.3 Å². The second kappa shape index (κ2) is 7.74. The molecule has 1 aromatic heterocycles. The number of ether oxygens (including phenoxy) is 1. The molecule has 1 aromatic rings. The van der Waals surface area contributed by atoms with Gasteiger partial charge in [-0.15, -0.1) is 0 Å². The van der Waals surface area contributed by atoms with Gasteiger partial charge in [-0.1, -0.05) is 6.92 Å². The number of hydrogen-bond acceptors (Lipinski definition) is 4. The van der Waals surface area contributed by atoms with E-state index in [0.29, 0.717) is 38.8 Å². The van der Waals surface area contributed by atoms with E-state index >= 15 is 0 Å². The average molecular weight is 427 g/mol. The first-order valence-electron chi connectivity index (χ1n) is 10.2. The number of carbonyl (C=O) groups excluding carboxylic acids is 2. The summed E-state index contributed by atoms with van der Waals surface area (Å²) in [5, 5.41) is 0. The fourth-order valence-electron chi connectivity index (χ4n) is 4.52. The predicted molar refractivity (Wildman–Crippen MR) is 105 cm³/mol. The predicted octanol–water partition coefficient (Wildman–Crippen LogP) is 4.63. The number of rotatable bonds is 2. The molecule has 0 bridgehead atoms. The monoisotopic (exact) mass is 427 g/mol. The van der Waals surface area contributed by atoms with Gasteiger partial charge in [0.2, 0.25) is 5.91 Å². The summed E-state index contributed by atoms with van der Waals surface area (Å²) in [6.07, 6.45) is -1.85. The number of piperidine rings is 1. The molecule has 2 amide bonds. The fourth-order valence-corrected chi connectivity index (χ4v) is 4.52. The van der Waals surface area contributed by atoms with Crippen molar-refractivity contribution in [3.05, 3.63) is 23.9 Å². The zero-order chi connectivity index (χ0) is 22.3. The molecule has 0 saturated carbocycles. The van der Waals surface area contributed by atoms with Crippen molar-refractivity contribution in [1.82, 2.24) is 9.88 Å². The molecule has 3 rings (SSSR count). The molecule has 2 fully saturated rings. The van der Waals surface area contributed by atoms with E-state index in [4.69, 9.17) is 4.74 Å². The molecule has 1 atom stereocenters. The molecule has 1 spiro atoms. The fraction of sp³-hybridized carbons (Fsp3) is 0.667. The molecule has 0 aromatic carbocycles. The molecule has 30 heavy (non-hydrogen) atoms. The third-order valence-corrected chi connectivity index (χ3v) is 5.91. The van der Waals surface area contributed by atoms with Gasteiger partial charge in [-0.25, -0.2) is 9.78 Å². The Kier molecular flexibility index (Phi) is 5.77. The van der Waals surface area contributed by atoms with Crippen LogP contribution in [-0.4, -0.2) is 46.6 Å². The van der Waals surface area contributed by atoms with Gasteiger partial charge in [-0.3, -0.25) is 9.69 Å². The van der Waals surface area contributed by atoms with Crippen LogP contribution in [0.3, 0.4) is 0 Å². The lowest BCUT2D eigenvalue weighted by atomic mass is 9.71. The van der Waals surface area contributed by atoms with E-state index in [1.54, 1.807) is 9.80 Å². The maximum Gasteiger partial charge on any atom is 0.417 e. The van der Waals surface area contributed by atoms with Crippen LogP contribution in [0.2, 0.25) is 0 Å². The van der Waals surface area contributed by atoms with Crippen molar-refractivity contribution in [2.24, 2.45) is 5.41 Å². The quantitative estimate of drug-likeness (QED) is 0.690. The molecule has 166 valence electrons. The Morgan fingerprint density at radius 2 is 1.87 bits per heavy atom. The number of amides is 2. The SMILES string of the molecule is CCC1N(c2ccc(C(F)(F)F)cn2)C(=O)CC12CCN(C(=O)OC(C)(C)C)CC2. The Morgan fingerprint density at radius 1 is 1.23 bits per heavy atom. The highest BCUT2D eigenvalue weighted by molar-refractivity contribution is 5.96. The molecule has 3 heterocycles. The Labute approximate surface area is 174 Å². The first kappa shape index (κ1) is 22.4. The van der Waals surface area contributed by atoms with E-state index in [9.17, 15) is 22.8 Å². The number of carbonyl (C=O) groups is 2. The number of pyridine rings is 1. The summed E-state index contributed by atoms with van der Waals surface area (Å²) in [7, 11) is 0. The molecule has 0 radical (unpaired) electrons. The standard InChI is InChI=1S/C21H28F3N3O3/c1-5-15-20(8-10-26(11-9-20)18(29)30-19(2,3)4)12-17(28)27(15)16-7-6-14(13-25-16)21(22,23)24/h6-7,13,15H,5,8-12H2,1-4H3. The summed E-state index contributed by atoms with van der Waals surface area (Å²) in [6.45, 7) is 8.36. The van der Waals surface area contributed by atoms with Crippen LogP contribution in [0.1, 0.15) is 58.9 Å². The van der Waals surface area contributed by atoms with Crippen LogP contribution in [0.15, 0.2) is 18.3 Å². The summed E-state index contributed by atoms with van der Waals surface area (Å²) in [5.41, 5.74) is -1.74. The summed E-state index contributed by atoms with van der Waals surface area (Å²) in [4.78, 5) is 32.4. The topological polar surface area (TPSA) is 62.7 Å². The lowest BCUT2D eigenvalue weighted by Crippen LogP contribution is -2.49. The van der Waals surface area contributed by atoms with Crippen LogP contribution in [-0.2, 0) is 15.7 Å². The second-order valence-corrected chi connectivity index (χ2v) is 9.10. The summed E-state index contributed by atoms with van der Waals surface area (Å²) < 4.78 is 44.0. The van der Waals surface area contributed by atoms with Gasteiger partial charge < -0.3 is 9.64 Å². The van der Waals surface area contributed by atoms with Gasteiger partial charge >= 0.3 is 12.3 Å². The Balaban J connectivity index is 1.76. The van der Waals surface area contributed by atoms with Crippen molar-refractivity contribution in [2.75, 3.05) is 18.0 Å². The average Bonchev–Trinajstić information content (AvgIpc) is 2.91. The second-order valence-electron chi connectivity index (χ2n) is 9.10. The highest BCUT2D eigenvalue weighted by Gasteiger charge is 2.53. The highest BCUT2D eigenvalue weighted by atomic mass is 19.4. The summed E-state index contributed by atoms with van der Waals surface area (Å²) in [5.74, 6) is 0.103. The highest BCUT2D eigenvalue weighted by Crippen LogP contribution is 2.48. The zero-order valence-corrected chi connectivity index (χ0v) is 17.8. The van der Waals surface area contributed by atoms with Crippen LogP contribution in [0.25, 0.3) is 0 Å². The van der Waals surface area contributed by atoms with Crippen molar-refractivity contribution < 1.29 is 27.5 Å². The Morgan fingerprint density at radius 3 is 2.33 bits per heavy atom. The molecular formula is C21H28F3N3O3. The summed E-state index contributed by atoms with van der Waals surface area (Å²) in [6, 6.07) is 2.05. The van der Waals surface area contributed by atoms with Crippen LogP contribution >= 0.6 is 0 Å². The minimum absolute atomic E-state index is 0.139. The molecule has 0 N–H and O–H groups in total. The van der Waals surface area contributed by atoms with E-state index < -0.39 is 17.3 Å². The molecular weight excluding hydrogens is 399 g/mol. The van der Waals surface area contributed by atoms with Crippen LogP contribution < -0.4 is 4.90 Å². The van der Waals surface area contributed by atoms with E-state index in [2.05, 4.69) is 4.98 Å². The van der Waals surface area contributed by atoms with Crippen molar-refractivity contribution in [2.45, 2.75) is 71.2 Å². The molecule has 2 aliphatic heterocycles. The molecule has 0 aliphatic carbocycles. The maximum atomic E-state index is 12.9. The van der Waals surface area contributed by atoms with E-state index in [1.165, 1.54) is 6.07 Å². The first-order valence-corrected chi connectivity index (χ1v) is 10.2. The van der Waals surface area contributed by atoms with Gasteiger partial charge in [0.1, 0.15) is 11.4 Å². The Bertz CT molecular complexity index is 794. The normalized spacial score (nSPS) is 22.0. The Hall–Kier alpha value is -2.32. The van der Waals surface area contributed by atoms with Crippen LogP contribution in [0.5, 0.6) is 0 Å². The number of nitrogens with zero attached hydrogens (tertiary/aromatic N) is 3. The minimum atomic E-state index is -4.47. The van der Waals surface area contributed by atoms with Gasteiger partial charge in [-0.05, 0) is 52.2 Å². The molecule has 6 nitrogen and oxygen atoms in total. The van der Waals surface area contributed by atoms with Crippen molar-refractivity contribution >= 4 is 17.8 Å². The first-order chi connectivity index (χ1) is 13.9. The van der Waals surface area contributed by atoms with E-state index in [0.717, 1.165) is 12.3 Å². The van der Waals surface area contributed by atoms with Crippen molar-refractivity contribution in [3.8, 4) is 0 Å². The summed E-state index contributed by atoms with van der Waals surface area (Å²) >= 11 is 0. The smallest absolute Gasteiger partial charge is 0.417 e. The number of aromatic nitrogens is 1. The van der Waals surface area contributed by atoms with Gasteiger partial charge in [0.25, 0.3) is 0 Å². The number of halogens is 3. The zero-order valence-electron chi connectivity index (χ0n) is 17.8. The van der Waals surface area contributed by atoms with E-state index in [1.807, 2.05) is 27.7 Å². The number of hydrogen-bond donors (Lipinski definition) is 0. The van der Waals surface area contributed by atoms with Gasteiger partial charge in [-0.2, -0.15) is 13.2 Å². The lowest BCUT2D eigenvalue weighted by Gasteiger charge is -2.43. The van der Waals surface area contributed by atoms with Gasteiger partial charge in [0, 0.05) is 37.2 Å². The van der Waals surface area contributed by atoms with Crippen molar-refractivity contribution in [1.29, 1.82) is 0 Å². The molecule has 2 aliphatic rings. The van der Waals surface area contributed by atoms with Crippen LogP contribution in [0, 0.1) is 5.41 Å². The number of anilines is 1. The minimum Gasteiger partial charge on any atom is -0.444 e. The van der Waals surface area contributed by atoms with Gasteiger partial charge in [0.15, 0.2) is 0 Å². The third kappa shape index (κ3) is 4.39. The van der Waals surface area contributed by atoms with Crippen LogP contribution in [0.4, 0.5) is 23.8 Å². The van der Waals surface area contributed by atoms with Gasteiger partial charge in [0.05, 0.1) is 5.56 Å². The molecule has 1 unspecified atom stereocenters. The van der Waals surface area contributed by atoms with Crippen molar-refractivity contribution in [3.63, 3.8) is 0 Å². The number of alkyl halides is 3. The number of likely N-dealkylation sites (tertiary alicyclic amines) is 1. The third-order valence-electron chi connectivity index (χ3n) is 5.91. The maximum absolute atomic E-state index is 12.9. The largest absolute Gasteiger partial charge is 0.444 e.